The van der Waals surface area contributed by atoms with Crippen LogP contribution in [0.5, 0.6) is 0 Å². The molecule has 0 aliphatic heterocycles. The van der Waals surface area contributed by atoms with Crippen molar-refractivity contribution in [3.8, 4) is 0 Å². The van der Waals surface area contributed by atoms with E-state index in [9.17, 15) is 14.4 Å². The molecule has 8 nitrogen and oxygen atoms in total. The molecule has 1 rings (SSSR count). The summed E-state index contributed by atoms with van der Waals surface area (Å²) in [5.41, 5.74) is 0.501. The van der Waals surface area contributed by atoms with E-state index in [0.717, 1.165) is 0 Å². The zero-order valence-corrected chi connectivity index (χ0v) is 13.9. The first-order valence-corrected chi connectivity index (χ1v) is 7.48. The van der Waals surface area contributed by atoms with Gasteiger partial charge in [0.2, 0.25) is 0 Å². The number of amides is 1. The minimum absolute atomic E-state index is 0.0350. The van der Waals surface area contributed by atoms with Gasteiger partial charge >= 0.3 is 5.97 Å². The zero-order chi connectivity index (χ0) is 18.1. The van der Waals surface area contributed by atoms with Crippen molar-refractivity contribution in [3.63, 3.8) is 0 Å². The van der Waals surface area contributed by atoms with Gasteiger partial charge < -0.3 is 24.6 Å². The highest BCUT2D eigenvalue weighted by atomic mass is 16.5. The first-order valence-electron chi connectivity index (χ1n) is 7.48. The lowest BCUT2D eigenvalue weighted by molar-refractivity contribution is -0.152. The van der Waals surface area contributed by atoms with Crippen molar-refractivity contribution in [1.29, 1.82) is 5.41 Å². The van der Waals surface area contributed by atoms with E-state index >= 15 is 0 Å². The normalized spacial score (nSPS) is 13.2. The number of hydrogen-bond donors (Lipinski definition) is 2. The van der Waals surface area contributed by atoms with Crippen LogP contribution in [-0.2, 0) is 23.9 Å². The second kappa shape index (κ2) is 9.61. The number of methoxy groups -OCH3 is 1. The van der Waals surface area contributed by atoms with E-state index in [4.69, 9.17) is 19.3 Å². The number of hydrogen-bond acceptors (Lipinski definition) is 7. The smallest absolute Gasteiger partial charge is 0.328 e. The summed E-state index contributed by atoms with van der Waals surface area (Å²) in [5, 5.41) is 9.43. The van der Waals surface area contributed by atoms with Crippen LogP contribution in [0.2, 0.25) is 0 Å². The number of Topliss-reactive ketones (excluding diaryl/α,β-unsaturated/α-hetero) is 1. The molecule has 0 bridgehead atoms. The van der Waals surface area contributed by atoms with Crippen molar-refractivity contribution < 1.29 is 28.3 Å². The van der Waals surface area contributed by atoms with Crippen molar-refractivity contribution in [3.05, 3.63) is 24.2 Å². The van der Waals surface area contributed by atoms with E-state index in [1.165, 1.54) is 19.6 Å². The first kappa shape index (κ1) is 19.6. The molecule has 0 saturated carbocycles. The van der Waals surface area contributed by atoms with Crippen LogP contribution in [0.3, 0.4) is 0 Å². The summed E-state index contributed by atoms with van der Waals surface area (Å²) >= 11 is 0. The van der Waals surface area contributed by atoms with E-state index in [1.54, 1.807) is 19.9 Å². The molecule has 2 N–H and O–H groups in total. The second-order valence-corrected chi connectivity index (χ2v) is 5.37. The second-order valence-electron chi connectivity index (χ2n) is 5.37. The SMILES string of the molecule is CO[C@H](C(=O)N[C@@H](CCC(=O)C=N)C(=O)OC(C)C)c1ccoc1. The van der Waals surface area contributed by atoms with Gasteiger partial charge in [-0.25, -0.2) is 4.79 Å². The van der Waals surface area contributed by atoms with E-state index in [0.29, 0.717) is 11.8 Å². The predicted octanol–water partition coefficient (Wildman–Crippen LogP) is 1.40. The third-order valence-electron chi connectivity index (χ3n) is 3.11. The molecule has 0 radical (unpaired) electrons. The topological polar surface area (TPSA) is 119 Å². The Morgan fingerprint density at radius 2 is 2.08 bits per heavy atom. The molecule has 0 unspecified atom stereocenters. The molecule has 0 aliphatic rings. The van der Waals surface area contributed by atoms with Crippen LogP contribution in [0.25, 0.3) is 0 Å². The van der Waals surface area contributed by atoms with E-state index in [-0.39, 0.29) is 18.9 Å². The quantitative estimate of drug-likeness (QED) is 0.492. The molecule has 2 atom stereocenters. The highest BCUT2D eigenvalue weighted by Gasteiger charge is 2.28. The van der Waals surface area contributed by atoms with Gasteiger partial charge in [-0.3, -0.25) is 9.59 Å². The summed E-state index contributed by atoms with van der Waals surface area (Å²) < 4.78 is 15.2. The van der Waals surface area contributed by atoms with Gasteiger partial charge in [-0.1, -0.05) is 0 Å². The first-order chi connectivity index (χ1) is 11.4. The number of ketones is 1. The Balaban J connectivity index is 2.81. The number of esters is 1. The molecule has 1 aromatic rings. The molecule has 1 amide bonds. The molecular weight excluding hydrogens is 316 g/mol. The Hall–Kier alpha value is -2.48. The lowest BCUT2D eigenvalue weighted by Crippen LogP contribution is -2.45. The minimum atomic E-state index is -1.01. The van der Waals surface area contributed by atoms with Gasteiger partial charge in [-0.15, -0.1) is 0 Å². The highest BCUT2D eigenvalue weighted by Crippen LogP contribution is 2.18. The highest BCUT2D eigenvalue weighted by molar-refractivity contribution is 6.26. The number of ether oxygens (including phenoxy) is 2. The predicted molar refractivity (Wildman–Crippen MR) is 84.6 cm³/mol. The molecule has 1 aromatic heterocycles. The molecule has 0 spiro atoms. The van der Waals surface area contributed by atoms with Gasteiger partial charge in [0.1, 0.15) is 6.04 Å². The van der Waals surface area contributed by atoms with Crippen LogP contribution in [0.15, 0.2) is 23.0 Å². The van der Waals surface area contributed by atoms with Crippen LogP contribution < -0.4 is 5.32 Å². The number of carbonyl (C=O) groups excluding carboxylic acids is 3. The average molecular weight is 338 g/mol. The monoisotopic (exact) mass is 338 g/mol. The molecule has 24 heavy (non-hydrogen) atoms. The Labute approximate surface area is 140 Å². The van der Waals surface area contributed by atoms with Crippen LogP contribution in [0.4, 0.5) is 0 Å². The summed E-state index contributed by atoms with van der Waals surface area (Å²) in [6.07, 6.45) is 2.13. The Bertz CT molecular complexity index is 567. The van der Waals surface area contributed by atoms with E-state index in [1.807, 2.05) is 0 Å². The molecule has 132 valence electrons. The number of carbonyl (C=O) groups is 3. The maximum Gasteiger partial charge on any atom is 0.328 e. The van der Waals surface area contributed by atoms with Gasteiger partial charge in [-0.2, -0.15) is 0 Å². The number of furan rings is 1. The molecule has 0 fully saturated rings. The number of nitrogens with one attached hydrogen (secondary N) is 2. The average Bonchev–Trinajstić information content (AvgIpc) is 3.05. The summed E-state index contributed by atoms with van der Waals surface area (Å²) in [6, 6.07) is 0.571. The molecule has 0 aromatic carbocycles. The van der Waals surface area contributed by atoms with Crippen molar-refractivity contribution in [1.82, 2.24) is 5.32 Å². The summed E-state index contributed by atoms with van der Waals surface area (Å²) in [5.74, 6) is -1.63. The van der Waals surface area contributed by atoms with Crippen LogP contribution in [-0.4, -0.2) is 43.1 Å². The fraction of sp³-hybridized carbons (Fsp3) is 0.500. The van der Waals surface area contributed by atoms with Crippen molar-refractivity contribution in [2.45, 2.75) is 44.9 Å². The molecular formula is C16H22N2O6. The fourth-order valence-electron chi connectivity index (χ4n) is 1.99. The van der Waals surface area contributed by atoms with Gasteiger partial charge in [0.05, 0.1) is 24.8 Å². The van der Waals surface area contributed by atoms with Crippen LogP contribution >= 0.6 is 0 Å². The Kier molecular flexibility index (Phi) is 7.84. The van der Waals surface area contributed by atoms with E-state index < -0.39 is 29.8 Å². The lowest BCUT2D eigenvalue weighted by Gasteiger charge is -2.21. The molecule has 0 aliphatic carbocycles. The third kappa shape index (κ3) is 5.96. The van der Waals surface area contributed by atoms with Gasteiger partial charge in [0.15, 0.2) is 11.9 Å². The third-order valence-corrected chi connectivity index (χ3v) is 3.11. The Morgan fingerprint density at radius 1 is 1.38 bits per heavy atom. The molecule has 0 saturated heterocycles. The maximum absolute atomic E-state index is 12.4. The van der Waals surface area contributed by atoms with Crippen molar-refractivity contribution in [2.75, 3.05) is 7.11 Å². The minimum Gasteiger partial charge on any atom is -0.472 e. The summed E-state index contributed by atoms with van der Waals surface area (Å²) in [6.45, 7) is 3.37. The Morgan fingerprint density at radius 3 is 2.58 bits per heavy atom. The molecule has 8 heteroatoms. The standard InChI is InChI=1S/C16H22N2O6/c1-10(2)24-16(21)13(5-4-12(19)8-17)18-15(20)14(22-3)11-6-7-23-9-11/h6-10,13-14,17H,4-5H2,1-3H3,(H,18,20)/t13-,14-/m0/s1. The summed E-state index contributed by atoms with van der Waals surface area (Å²) in [7, 11) is 1.36. The van der Waals surface area contributed by atoms with Crippen molar-refractivity contribution in [2.24, 2.45) is 0 Å². The molecule has 1 heterocycles. The van der Waals surface area contributed by atoms with Gasteiger partial charge in [-0.05, 0) is 26.3 Å². The summed E-state index contributed by atoms with van der Waals surface area (Å²) in [4.78, 5) is 35.8. The van der Waals surface area contributed by atoms with Crippen LogP contribution in [0.1, 0.15) is 38.4 Å². The fourth-order valence-corrected chi connectivity index (χ4v) is 1.99. The zero-order valence-electron chi connectivity index (χ0n) is 13.9. The van der Waals surface area contributed by atoms with E-state index in [2.05, 4.69) is 5.32 Å². The van der Waals surface area contributed by atoms with Crippen molar-refractivity contribution >= 4 is 23.9 Å². The number of rotatable bonds is 10. The van der Waals surface area contributed by atoms with Gasteiger partial charge in [0.25, 0.3) is 5.91 Å². The largest absolute Gasteiger partial charge is 0.472 e. The maximum atomic E-state index is 12.4. The van der Waals surface area contributed by atoms with Gasteiger partial charge in [0, 0.05) is 19.1 Å². The lowest BCUT2D eigenvalue weighted by atomic mass is 10.1. The van der Waals surface area contributed by atoms with Crippen LogP contribution in [0, 0.1) is 5.41 Å².